The van der Waals surface area contributed by atoms with E-state index in [-0.39, 0.29) is 11.4 Å². The molecule has 1 atom stereocenters. The number of likely N-dealkylation sites (tertiary alicyclic amines) is 1. The first kappa shape index (κ1) is 9.52. The van der Waals surface area contributed by atoms with Gasteiger partial charge in [-0.3, -0.25) is 4.79 Å². The van der Waals surface area contributed by atoms with Crippen molar-refractivity contribution in [2.45, 2.75) is 32.7 Å². The monoisotopic (exact) mass is 170 g/mol. The van der Waals surface area contributed by atoms with Gasteiger partial charge in [-0.1, -0.05) is 0 Å². The Morgan fingerprint density at radius 1 is 1.58 bits per heavy atom. The maximum atomic E-state index is 11.5. The molecule has 1 rings (SSSR count). The summed E-state index contributed by atoms with van der Waals surface area (Å²) in [5.41, 5.74) is 5.48. The van der Waals surface area contributed by atoms with Crippen LogP contribution in [0, 0.1) is 5.92 Å². The Bertz CT molecular complexity index is 183. The van der Waals surface area contributed by atoms with Gasteiger partial charge in [-0.15, -0.1) is 0 Å². The molecule has 1 aliphatic rings. The average Bonchev–Trinajstić information content (AvgIpc) is 2.29. The lowest BCUT2D eigenvalue weighted by Gasteiger charge is -2.32. The van der Waals surface area contributed by atoms with Gasteiger partial charge in [-0.25, -0.2) is 0 Å². The molecular weight excluding hydrogens is 152 g/mol. The van der Waals surface area contributed by atoms with Gasteiger partial charge in [0.05, 0.1) is 0 Å². The highest BCUT2D eigenvalue weighted by Crippen LogP contribution is 2.24. The normalized spacial score (nSPS) is 25.2. The number of nitrogens with zero attached hydrogens (tertiary/aromatic N) is 1. The zero-order valence-electron chi connectivity index (χ0n) is 8.13. The largest absolute Gasteiger partial charge is 0.338 e. The van der Waals surface area contributed by atoms with Gasteiger partial charge < -0.3 is 10.6 Å². The Morgan fingerprint density at radius 3 is 2.42 bits per heavy atom. The second-order valence-electron chi connectivity index (χ2n) is 4.48. The number of carbonyl (C=O) groups is 1. The highest BCUT2D eigenvalue weighted by atomic mass is 16.2. The van der Waals surface area contributed by atoms with E-state index in [2.05, 4.69) is 20.8 Å². The zero-order valence-corrected chi connectivity index (χ0v) is 8.13. The van der Waals surface area contributed by atoms with Gasteiger partial charge in [0.25, 0.3) is 0 Å². The first-order valence-corrected chi connectivity index (χ1v) is 4.45. The summed E-state index contributed by atoms with van der Waals surface area (Å²) in [5.74, 6) is 0.620. The van der Waals surface area contributed by atoms with Crippen LogP contribution in [0.1, 0.15) is 27.2 Å². The Hall–Kier alpha value is -0.570. The predicted octanol–water partition coefficient (Wildman–Crippen LogP) is 0.592. The molecule has 1 fully saturated rings. The van der Waals surface area contributed by atoms with Crippen LogP contribution < -0.4 is 5.73 Å². The van der Waals surface area contributed by atoms with Crippen LogP contribution in [0.15, 0.2) is 0 Å². The van der Waals surface area contributed by atoms with Crippen molar-refractivity contribution < 1.29 is 4.79 Å². The molecule has 0 spiro atoms. The summed E-state index contributed by atoms with van der Waals surface area (Å²) in [4.78, 5) is 13.4. The fourth-order valence-electron chi connectivity index (χ4n) is 1.59. The fraction of sp³-hybridized carbons (Fsp3) is 0.889. The summed E-state index contributed by atoms with van der Waals surface area (Å²) in [6, 6.07) is 0. The van der Waals surface area contributed by atoms with E-state index in [0.29, 0.717) is 18.9 Å². The quantitative estimate of drug-likeness (QED) is 0.626. The summed E-state index contributed by atoms with van der Waals surface area (Å²) in [6.07, 6.45) is 0.633. The van der Waals surface area contributed by atoms with Crippen molar-refractivity contribution in [3.8, 4) is 0 Å². The number of carbonyl (C=O) groups excluding carboxylic acids is 1. The summed E-state index contributed by atoms with van der Waals surface area (Å²) in [7, 11) is 0. The number of hydrogen-bond donors (Lipinski definition) is 1. The molecule has 0 aromatic carbocycles. The molecule has 1 amide bonds. The van der Waals surface area contributed by atoms with E-state index in [0.717, 1.165) is 6.54 Å². The molecular formula is C9H18N2O. The molecule has 2 N–H and O–H groups in total. The first-order valence-electron chi connectivity index (χ1n) is 4.45. The van der Waals surface area contributed by atoms with Gasteiger partial charge in [-0.2, -0.15) is 0 Å². The Balaban J connectivity index is 2.64. The summed E-state index contributed by atoms with van der Waals surface area (Å²) in [6.45, 7) is 7.63. The van der Waals surface area contributed by atoms with E-state index >= 15 is 0 Å². The van der Waals surface area contributed by atoms with Crippen LogP contribution in [0.3, 0.4) is 0 Å². The molecule has 70 valence electrons. The van der Waals surface area contributed by atoms with Crippen LogP contribution in [-0.2, 0) is 4.79 Å². The lowest BCUT2D eigenvalue weighted by molar-refractivity contribution is -0.131. The van der Waals surface area contributed by atoms with Crippen molar-refractivity contribution in [2.75, 3.05) is 13.1 Å². The summed E-state index contributed by atoms with van der Waals surface area (Å²) in [5, 5.41) is 0. The number of nitrogens with two attached hydrogens (primary N) is 1. The van der Waals surface area contributed by atoms with Crippen molar-refractivity contribution in [1.29, 1.82) is 0 Å². The lowest BCUT2D eigenvalue weighted by atomic mass is 10.1. The van der Waals surface area contributed by atoms with Crippen molar-refractivity contribution in [1.82, 2.24) is 4.90 Å². The Morgan fingerprint density at radius 2 is 2.17 bits per heavy atom. The summed E-state index contributed by atoms with van der Waals surface area (Å²) < 4.78 is 0. The number of amides is 1. The topological polar surface area (TPSA) is 46.3 Å². The molecule has 1 saturated heterocycles. The van der Waals surface area contributed by atoms with Crippen LogP contribution >= 0.6 is 0 Å². The van der Waals surface area contributed by atoms with Crippen LogP contribution in [0.25, 0.3) is 0 Å². The van der Waals surface area contributed by atoms with Gasteiger partial charge in [0.15, 0.2) is 0 Å². The third-order valence-electron chi connectivity index (χ3n) is 2.35. The third-order valence-corrected chi connectivity index (χ3v) is 2.35. The second-order valence-corrected chi connectivity index (χ2v) is 4.48. The molecule has 1 unspecified atom stereocenters. The first-order chi connectivity index (χ1) is 5.45. The molecule has 3 heteroatoms. The van der Waals surface area contributed by atoms with Gasteiger partial charge in [-0.05, 0) is 33.2 Å². The molecule has 1 heterocycles. The summed E-state index contributed by atoms with van der Waals surface area (Å²) >= 11 is 0. The van der Waals surface area contributed by atoms with Crippen molar-refractivity contribution in [2.24, 2.45) is 11.7 Å². The average molecular weight is 170 g/mol. The van der Waals surface area contributed by atoms with Crippen molar-refractivity contribution in [3.63, 3.8) is 0 Å². The number of rotatable bonds is 1. The zero-order chi connectivity index (χ0) is 9.35. The lowest BCUT2D eigenvalue weighted by Crippen LogP contribution is -2.42. The van der Waals surface area contributed by atoms with Crippen LogP contribution in [-0.4, -0.2) is 29.4 Å². The molecule has 0 radical (unpaired) electrons. The second kappa shape index (κ2) is 3.05. The standard InChI is InChI=1S/C9H18N2O/c1-9(2,3)11-6-7(5-10)4-8(11)12/h7H,4-6,10H2,1-3H3. The maximum absolute atomic E-state index is 11.5. The fourth-order valence-corrected chi connectivity index (χ4v) is 1.59. The Labute approximate surface area is 73.9 Å². The van der Waals surface area contributed by atoms with Crippen LogP contribution in [0.2, 0.25) is 0 Å². The number of hydrogen-bond acceptors (Lipinski definition) is 2. The predicted molar refractivity (Wildman–Crippen MR) is 48.6 cm³/mol. The van der Waals surface area contributed by atoms with Gasteiger partial charge >= 0.3 is 0 Å². The smallest absolute Gasteiger partial charge is 0.223 e. The van der Waals surface area contributed by atoms with Crippen molar-refractivity contribution in [3.05, 3.63) is 0 Å². The minimum atomic E-state index is -0.0407. The van der Waals surface area contributed by atoms with E-state index in [1.807, 2.05) is 4.90 Å². The minimum Gasteiger partial charge on any atom is -0.338 e. The minimum absolute atomic E-state index is 0.0407. The molecule has 0 aliphatic carbocycles. The highest BCUT2D eigenvalue weighted by molar-refractivity contribution is 5.79. The molecule has 0 aromatic heterocycles. The molecule has 12 heavy (non-hydrogen) atoms. The third kappa shape index (κ3) is 1.78. The SMILES string of the molecule is CC(C)(C)N1CC(CN)CC1=O. The van der Waals surface area contributed by atoms with E-state index in [1.165, 1.54) is 0 Å². The van der Waals surface area contributed by atoms with E-state index in [9.17, 15) is 4.79 Å². The van der Waals surface area contributed by atoms with Crippen molar-refractivity contribution >= 4 is 5.91 Å². The highest BCUT2D eigenvalue weighted by Gasteiger charge is 2.35. The van der Waals surface area contributed by atoms with E-state index in [1.54, 1.807) is 0 Å². The molecule has 0 saturated carbocycles. The maximum Gasteiger partial charge on any atom is 0.223 e. The molecule has 0 bridgehead atoms. The van der Waals surface area contributed by atoms with Crippen LogP contribution in [0.4, 0.5) is 0 Å². The molecule has 3 nitrogen and oxygen atoms in total. The van der Waals surface area contributed by atoms with Gasteiger partial charge in [0.1, 0.15) is 0 Å². The molecule has 0 aromatic rings. The molecule has 1 aliphatic heterocycles. The van der Waals surface area contributed by atoms with E-state index in [4.69, 9.17) is 5.73 Å². The van der Waals surface area contributed by atoms with Gasteiger partial charge in [0, 0.05) is 18.5 Å². The van der Waals surface area contributed by atoms with Crippen LogP contribution in [0.5, 0.6) is 0 Å². The van der Waals surface area contributed by atoms with E-state index < -0.39 is 0 Å². The Kier molecular flexibility index (Phi) is 2.42. The van der Waals surface area contributed by atoms with Gasteiger partial charge in [0.2, 0.25) is 5.91 Å².